The van der Waals surface area contributed by atoms with Gasteiger partial charge in [-0.15, -0.1) is 5.10 Å². The summed E-state index contributed by atoms with van der Waals surface area (Å²) in [5, 5.41) is 8.80. The van der Waals surface area contributed by atoms with Gasteiger partial charge in [0.25, 0.3) is 0 Å². The summed E-state index contributed by atoms with van der Waals surface area (Å²) in [5.41, 5.74) is 3.13. The van der Waals surface area contributed by atoms with Crippen LogP contribution in [-0.4, -0.2) is 21.1 Å². The van der Waals surface area contributed by atoms with Crippen LogP contribution in [-0.2, 0) is 0 Å². The molecule has 0 radical (unpaired) electrons. The summed E-state index contributed by atoms with van der Waals surface area (Å²) >= 11 is 0. The van der Waals surface area contributed by atoms with Crippen LogP contribution in [0.25, 0.3) is 11.0 Å². The summed E-state index contributed by atoms with van der Waals surface area (Å²) in [6.07, 6.45) is 8.49. The minimum absolute atomic E-state index is 0.0304. The Morgan fingerprint density at radius 2 is 1.74 bits per heavy atom. The molecule has 1 aliphatic carbocycles. The lowest BCUT2D eigenvalue weighted by molar-refractivity contribution is 0.142. The minimum atomic E-state index is 0.0304. The second kappa shape index (κ2) is 4.81. The molecule has 23 heavy (non-hydrogen) atoms. The summed E-state index contributed by atoms with van der Waals surface area (Å²) < 4.78 is 8.22. The van der Waals surface area contributed by atoms with Crippen molar-refractivity contribution in [3.8, 4) is 5.75 Å². The van der Waals surface area contributed by atoms with Crippen LogP contribution in [0.2, 0.25) is 0 Å². The van der Waals surface area contributed by atoms with E-state index in [4.69, 9.17) is 4.74 Å². The first-order valence-electron chi connectivity index (χ1n) is 7.82. The zero-order chi connectivity index (χ0) is 15.2. The molecule has 112 valence electrons. The smallest absolute Gasteiger partial charge is 0.126 e. The molecular formula is C19H15N3O. The molecule has 0 saturated heterocycles. The monoisotopic (exact) mass is 301 g/mol. The third-order valence-electron chi connectivity index (χ3n) is 4.63. The summed E-state index contributed by atoms with van der Waals surface area (Å²) in [5.74, 6) is 1.14. The molecule has 3 aromatic rings. The zero-order valence-electron chi connectivity index (χ0n) is 12.4. The lowest BCUT2D eigenvalue weighted by Gasteiger charge is -2.38. The number of para-hydroxylation sites is 2. The molecule has 2 aromatic carbocycles. The molecule has 4 nitrogen and oxygen atoms in total. The molecule has 0 N–H and O–H groups in total. The van der Waals surface area contributed by atoms with E-state index in [0.29, 0.717) is 0 Å². The molecule has 1 aliphatic heterocycles. The Balaban J connectivity index is 1.76. The number of nitrogens with zero attached hydrogens (tertiary/aromatic N) is 3. The summed E-state index contributed by atoms with van der Waals surface area (Å²) in [4.78, 5) is 0. The third-order valence-corrected chi connectivity index (χ3v) is 4.63. The molecule has 2 aliphatic rings. The van der Waals surface area contributed by atoms with Gasteiger partial charge in [0.1, 0.15) is 17.4 Å². The van der Waals surface area contributed by atoms with Gasteiger partial charge in [0, 0.05) is 11.5 Å². The van der Waals surface area contributed by atoms with Gasteiger partial charge in [-0.05, 0) is 24.3 Å². The second-order valence-corrected chi connectivity index (χ2v) is 5.94. The molecule has 5 rings (SSSR count). The van der Waals surface area contributed by atoms with Gasteiger partial charge in [-0.2, -0.15) is 0 Å². The van der Waals surface area contributed by atoms with E-state index in [2.05, 4.69) is 46.7 Å². The number of fused-ring (bicyclic) bond motifs is 3. The van der Waals surface area contributed by atoms with Gasteiger partial charge in [-0.3, -0.25) is 0 Å². The SMILES string of the molecule is C1=CC2Oc3ccccc3C(n3nnc4ccccc43)C2C=C1. The molecule has 3 unspecified atom stereocenters. The van der Waals surface area contributed by atoms with Crippen molar-refractivity contribution in [3.63, 3.8) is 0 Å². The van der Waals surface area contributed by atoms with Crippen LogP contribution in [0.5, 0.6) is 5.75 Å². The van der Waals surface area contributed by atoms with Gasteiger partial charge in [-0.25, -0.2) is 4.68 Å². The average molecular weight is 301 g/mol. The van der Waals surface area contributed by atoms with Crippen molar-refractivity contribution < 1.29 is 4.74 Å². The Hall–Kier alpha value is -2.88. The maximum atomic E-state index is 6.18. The van der Waals surface area contributed by atoms with E-state index in [-0.39, 0.29) is 18.1 Å². The highest BCUT2D eigenvalue weighted by Gasteiger charge is 2.38. The van der Waals surface area contributed by atoms with Gasteiger partial charge >= 0.3 is 0 Å². The largest absolute Gasteiger partial charge is 0.485 e. The fraction of sp³-hybridized carbons (Fsp3) is 0.158. The minimum Gasteiger partial charge on any atom is -0.485 e. The predicted octanol–water partition coefficient (Wildman–Crippen LogP) is 3.52. The molecule has 0 fully saturated rings. The van der Waals surface area contributed by atoms with Crippen molar-refractivity contribution in [2.45, 2.75) is 12.1 Å². The molecule has 0 bridgehead atoms. The number of ether oxygens (including phenoxy) is 1. The third kappa shape index (κ3) is 1.84. The molecule has 0 saturated carbocycles. The number of rotatable bonds is 1. The highest BCUT2D eigenvalue weighted by Crippen LogP contribution is 2.43. The van der Waals surface area contributed by atoms with Crippen molar-refractivity contribution >= 4 is 11.0 Å². The number of hydrogen-bond acceptors (Lipinski definition) is 3. The van der Waals surface area contributed by atoms with E-state index >= 15 is 0 Å². The Kier molecular flexibility index (Phi) is 2.65. The van der Waals surface area contributed by atoms with Crippen molar-refractivity contribution in [2.75, 3.05) is 0 Å². The average Bonchev–Trinajstić information content (AvgIpc) is 3.03. The van der Waals surface area contributed by atoms with Crippen LogP contribution in [0.3, 0.4) is 0 Å². The fourth-order valence-electron chi connectivity index (χ4n) is 3.58. The van der Waals surface area contributed by atoms with Crippen LogP contribution in [0.1, 0.15) is 11.6 Å². The van der Waals surface area contributed by atoms with Gasteiger partial charge < -0.3 is 4.74 Å². The molecule has 4 heteroatoms. The fourth-order valence-corrected chi connectivity index (χ4v) is 3.58. The zero-order valence-corrected chi connectivity index (χ0v) is 12.4. The topological polar surface area (TPSA) is 39.9 Å². The number of benzene rings is 2. The maximum absolute atomic E-state index is 6.18. The van der Waals surface area contributed by atoms with Crippen LogP contribution in [0.4, 0.5) is 0 Å². The Morgan fingerprint density at radius 1 is 0.913 bits per heavy atom. The predicted molar refractivity (Wildman–Crippen MR) is 88.3 cm³/mol. The normalized spacial score (nSPS) is 25.0. The van der Waals surface area contributed by atoms with Crippen LogP contribution < -0.4 is 4.74 Å². The Morgan fingerprint density at radius 3 is 2.74 bits per heavy atom. The molecule has 0 spiro atoms. The van der Waals surface area contributed by atoms with Crippen molar-refractivity contribution in [1.82, 2.24) is 15.0 Å². The van der Waals surface area contributed by atoms with Crippen LogP contribution in [0.15, 0.2) is 72.8 Å². The van der Waals surface area contributed by atoms with E-state index in [1.165, 1.54) is 0 Å². The second-order valence-electron chi connectivity index (χ2n) is 5.94. The van der Waals surface area contributed by atoms with Gasteiger partial charge in [0.2, 0.25) is 0 Å². The first kappa shape index (κ1) is 12.6. The lowest BCUT2D eigenvalue weighted by Crippen LogP contribution is -2.38. The molecule has 3 atom stereocenters. The van der Waals surface area contributed by atoms with Crippen molar-refractivity contribution in [1.29, 1.82) is 0 Å². The quantitative estimate of drug-likeness (QED) is 0.690. The van der Waals surface area contributed by atoms with Gasteiger partial charge in [0.15, 0.2) is 0 Å². The number of hydrogen-bond donors (Lipinski definition) is 0. The van der Waals surface area contributed by atoms with Gasteiger partial charge in [-0.1, -0.05) is 53.8 Å². The van der Waals surface area contributed by atoms with E-state index in [0.717, 1.165) is 22.3 Å². The first-order chi connectivity index (χ1) is 11.4. The van der Waals surface area contributed by atoms with E-state index in [1.807, 2.05) is 41.1 Å². The van der Waals surface area contributed by atoms with Crippen LogP contribution in [0, 0.1) is 5.92 Å². The van der Waals surface area contributed by atoms with Crippen molar-refractivity contribution in [3.05, 3.63) is 78.4 Å². The standard InChI is InChI=1S/C19H15N3O/c1-5-11-17-13(7-1)19(14-8-2-6-12-18(14)23-17)22-16-10-4-3-9-15(16)20-21-22/h1-13,17,19H. The highest BCUT2D eigenvalue weighted by molar-refractivity contribution is 5.74. The van der Waals surface area contributed by atoms with Crippen LogP contribution >= 0.6 is 0 Å². The number of aromatic nitrogens is 3. The van der Waals surface area contributed by atoms with E-state index < -0.39 is 0 Å². The Labute approximate surface area is 133 Å². The summed E-state index contributed by atoms with van der Waals surface area (Å²) in [6, 6.07) is 16.4. The molecule has 1 aromatic heterocycles. The van der Waals surface area contributed by atoms with Gasteiger partial charge in [0.05, 0.1) is 11.6 Å². The maximum Gasteiger partial charge on any atom is 0.126 e. The van der Waals surface area contributed by atoms with E-state index in [9.17, 15) is 0 Å². The summed E-state index contributed by atoms with van der Waals surface area (Å²) in [7, 11) is 0. The lowest BCUT2D eigenvalue weighted by atomic mass is 9.83. The van der Waals surface area contributed by atoms with Crippen molar-refractivity contribution in [2.24, 2.45) is 5.92 Å². The molecule has 2 heterocycles. The highest BCUT2D eigenvalue weighted by atomic mass is 16.5. The molecule has 0 amide bonds. The summed E-state index contributed by atoms with van der Waals surface area (Å²) in [6.45, 7) is 0. The molecular weight excluding hydrogens is 286 g/mol. The first-order valence-corrected chi connectivity index (χ1v) is 7.82. The van der Waals surface area contributed by atoms with E-state index in [1.54, 1.807) is 0 Å². The Bertz CT molecular complexity index is 940. The number of allylic oxidation sites excluding steroid dienone is 2.